The fourth-order valence-electron chi connectivity index (χ4n) is 2.91. The lowest BCUT2D eigenvalue weighted by atomic mass is 9.96. The molecule has 0 saturated carbocycles. The number of fused-ring (bicyclic) bond motifs is 5. The molecule has 2 atom stereocenters. The second kappa shape index (κ2) is 4.35. The fourth-order valence-corrected chi connectivity index (χ4v) is 3.59. The first-order valence-electron chi connectivity index (χ1n) is 6.03. The van der Waals surface area contributed by atoms with Crippen molar-refractivity contribution in [3.05, 3.63) is 35.4 Å². The number of amides is 1. The molecule has 0 aliphatic heterocycles. The first-order chi connectivity index (χ1) is 8.74. The average molecular weight is 261 g/mol. The van der Waals surface area contributed by atoms with Gasteiger partial charge in [0.2, 0.25) is 0 Å². The molecule has 0 saturated heterocycles. The van der Waals surface area contributed by atoms with Crippen LogP contribution in [-0.2, 0) is 0 Å². The predicted octanol–water partition coefficient (Wildman–Crippen LogP) is 3.27. The Labute approximate surface area is 111 Å². The highest BCUT2D eigenvalue weighted by atomic mass is 32.2. The molecule has 0 spiro atoms. The maximum Gasteiger partial charge on any atom is 0.412 e. The molecule has 2 bridgehead atoms. The second-order valence-electron chi connectivity index (χ2n) is 4.57. The molecule has 1 aromatic carbocycles. The van der Waals surface area contributed by atoms with Crippen molar-refractivity contribution in [3.63, 3.8) is 0 Å². The maximum atomic E-state index is 11.4. The van der Waals surface area contributed by atoms with Crippen LogP contribution in [0.2, 0.25) is 0 Å². The molecule has 1 N–H and O–H groups in total. The van der Waals surface area contributed by atoms with Crippen LogP contribution in [-0.4, -0.2) is 19.4 Å². The highest BCUT2D eigenvalue weighted by Gasteiger charge is 2.37. The minimum Gasteiger partial charge on any atom is -0.410 e. The van der Waals surface area contributed by atoms with Crippen molar-refractivity contribution in [1.82, 2.24) is 5.32 Å². The molecule has 2 aliphatic rings. The molecule has 2 unspecified atom stereocenters. The van der Waals surface area contributed by atoms with Crippen LogP contribution in [0.3, 0.4) is 0 Å². The number of rotatable bonds is 2. The van der Waals surface area contributed by atoms with Gasteiger partial charge in [0.15, 0.2) is 0 Å². The number of carbonyl (C=O) groups is 1. The van der Waals surface area contributed by atoms with Gasteiger partial charge in [-0.15, -0.1) is 11.8 Å². The van der Waals surface area contributed by atoms with Crippen molar-refractivity contribution in [2.24, 2.45) is 0 Å². The first kappa shape index (κ1) is 11.7. The SMILES string of the molecule is CNC(=O)Oc1ccc(SC)c2c1C1C=CC2C1. The van der Waals surface area contributed by atoms with Gasteiger partial charge in [0.25, 0.3) is 0 Å². The van der Waals surface area contributed by atoms with Crippen LogP contribution in [0.15, 0.2) is 29.2 Å². The fraction of sp³-hybridized carbons (Fsp3) is 0.357. The number of hydrogen-bond acceptors (Lipinski definition) is 3. The summed E-state index contributed by atoms with van der Waals surface area (Å²) in [6, 6.07) is 3.96. The molecule has 94 valence electrons. The highest BCUT2D eigenvalue weighted by Crippen LogP contribution is 2.54. The van der Waals surface area contributed by atoms with Gasteiger partial charge in [-0.25, -0.2) is 4.79 Å². The Hall–Kier alpha value is -1.42. The molecule has 1 amide bonds. The molecule has 3 rings (SSSR count). The topological polar surface area (TPSA) is 38.3 Å². The summed E-state index contributed by atoms with van der Waals surface area (Å²) in [4.78, 5) is 12.7. The molecule has 0 radical (unpaired) electrons. The largest absolute Gasteiger partial charge is 0.412 e. The van der Waals surface area contributed by atoms with Crippen molar-refractivity contribution in [1.29, 1.82) is 0 Å². The Morgan fingerprint density at radius 2 is 2.06 bits per heavy atom. The van der Waals surface area contributed by atoms with Gasteiger partial charge in [0.05, 0.1) is 0 Å². The number of carbonyl (C=O) groups excluding carboxylic acids is 1. The normalized spacial score (nSPS) is 23.0. The van der Waals surface area contributed by atoms with E-state index in [-0.39, 0.29) is 0 Å². The van der Waals surface area contributed by atoms with Crippen LogP contribution in [0.25, 0.3) is 0 Å². The van der Waals surface area contributed by atoms with Crippen molar-refractivity contribution in [2.45, 2.75) is 23.2 Å². The van der Waals surface area contributed by atoms with E-state index >= 15 is 0 Å². The lowest BCUT2D eigenvalue weighted by molar-refractivity contribution is 0.202. The molecule has 18 heavy (non-hydrogen) atoms. The van der Waals surface area contributed by atoms with Gasteiger partial charge in [0, 0.05) is 29.3 Å². The number of ether oxygens (including phenoxy) is 1. The standard InChI is InChI=1S/C14H15NO2S/c1-15-14(16)17-10-5-6-11(18-2)13-9-4-3-8(7-9)12(10)13/h3-6,8-9H,7H2,1-2H3,(H,15,16). The van der Waals surface area contributed by atoms with E-state index in [2.05, 4.69) is 29.8 Å². The zero-order valence-corrected chi connectivity index (χ0v) is 11.2. The zero-order chi connectivity index (χ0) is 12.7. The van der Waals surface area contributed by atoms with Gasteiger partial charge < -0.3 is 10.1 Å². The van der Waals surface area contributed by atoms with E-state index in [4.69, 9.17) is 4.74 Å². The van der Waals surface area contributed by atoms with Gasteiger partial charge >= 0.3 is 6.09 Å². The quantitative estimate of drug-likeness (QED) is 0.656. The Morgan fingerprint density at radius 3 is 2.72 bits per heavy atom. The molecular formula is C14H15NO2S. The summed E-state index contributed by atoms with van der Waals surface area (Å²) in [6.07, 6.45) is 7.31. The number of allylic oxidation sites excluding steroid dienone is 2. The van der Waals surface area contributed by atoms with E-state index in [0.29, 0.717) is 17.6 Å². The van der Waals surface area contributed by atoms with Crippen molar-refractivity contribution in [3.8, 4) is 5.75 Å². The second-order valence-corrected chi connectivity index (χ2v) is 5.41. The molecule has 0 fully saturated rings. The Balaban J connectivity index is 2.07. The molecule has 3 nitrogen and oxygen atoms in total. The van der Waals surface area contributed by atoms with E-state index in [1.54, 1.807) is 18.8 Å². The van der Waals surface area contributed by atoms with Crippen LogP contribution in [0, 0.1) is 0 Å². The van der Waals surface area contributed by atoms with Crippen LogP contribution < -0.4 is 10.1 Å². The first-order valence-corrected chi connectivity index (χ1v) is 7.25. The average Bonchev–Trinajstić information content (AvgIpc) is 3.00. The monoisotopic (exact) mass is 261 g/mol. The molecule has 0 heterocycles. The van der Waals surface area contributed by atoms with E-state index in [9.17, 15) is 4.79 Å². The smallest absolute Gasteiger partial charge is 0.410 e. The Bertz CT molecular complexity index is 539. The number of nitrogens with one attached hydrogen (secondary N) is 1. The van der Waals surface area contributed by atoms with Gasteiger partial charge in [-0.2, -0.15) is 0 Å². The molecular weight excluding hydrogens is 246 g/mol. The molecule has 0 aromatic heterocycles. The summed E-state index contributed by atoms with van der Waals surface area (Å²) in [5.41, 5.74) is 2.56. The van der Waals surface area contributed by atoms with Gasteiger partial charge in [0.1, 0.15) is 5.75 Å². The van der Waals surface area contributed by atoms with Gasteiger partial charge in [-0.3, -0.25) is 0 Å². The molecule has 4 heteroatoms. The van der Waals surface area contributed by atoms with E-state index in [1.165, 1.54) is 16.0 Å². The summed E-state index contributed by atoms with van der Waals surface area (Å²) in [5.74, 6) is 1.62. The van der Waals surface area contributed by atoms with E-state index in [0.717, 1.165) is 6.42 Å². The van der Waals surface area contributed by atoms with Crippen molar-refractivity contribution < 1.29 is 9.53 Å². The Kier molecular flexibility index (Phi) is 2.82. The third-order valence-corrected chi connectivity index (χ3v) is 4.45. The molecule has 1 aromatic rings. The van der Waals surface area contributed by atoms with Crippen LogP contribution >= 0.6 is 11.8 Å². The summed E-state index contributed by atoms with van der Waals surface area (Å²) in [7, 11) is 1.57. The van der Waals surface area contributed by atoms with Crippen molar-refractivity contribution >= 4 is 17.9 Å². The summed E-state index contributed by atoms with van der Waals surface area (Å²) in [6.45, 7) is 0. The maximum absolute atomic E-state index is 11.4. The number of hydrogen-bond donors (Lipinski definition) is 1. The van der Waals surface area contributed by atoms with Gasteiger partial charge in [-0.1, -0.05) is 12.2 Å². The summed E-state index contributed by atoms with van der Waals surface area (Å²) in [5, 5.41) is 2.49. The highest BCUT2D eigenvalue weighted by molar-refractivity contribution is 7.98. The minimum atomic E-state index is -0.402. The number of thioether (sulfide) groups is 1. The third-order valence-electron chi connectivity index (χ3n) is 3.66. The van der Waals surface area contributed by atoms with Crippen LogP contribution in [0.5, 0.6) is 5.75 Å². The lowest BCUT2D eigenvalue weighted by Gasteiger charge is -2.18. The summed E-state index contributed by atoms with van der Waals surface area (Å²) >= 11 is 1.76. The predicted molar refractivity (Wildman–Crippen MR) is 72.5 cm³/mol. The summed E-state index contributed by atoms with van der Waals surface area (Å²) < 4.78 is 5.37. The van der Waals surface area contributed by atoms with E-state index < -0.39 is 6.09 Å². The minimum absolute atomic E-state index is 0.402. The Morgan fingerprint density at radius 1 is 1.33 bits per heavy atom. The molecule has 2 aliphatic carbocycles. The van der Waals surface area contributed by atoms with E-state index in [1.807, 2.05) is 6.07 Å². The zero-order valence-electron chi connectivity index (χ0n) is 10.4. The number of benzene rings is 1. The third kappa shape index (κ3) is 1.63. The van der Waals surface area contributed by atoms with Crippen molar-refractivity contribution in [2.75, 3.05) is 13.3 Å². The van der Waals surface area contributed by atoms with Gasteiger partial charge in [-0.05, 0) is 30.4 Å². The van der Waals surface area contributed by atoms with Crippen LogP contribution in [0.4, 0.5) is 4.79 Å². The van der Waals surface area contributed by atoms with Crippen LogP contribution in [0.1, 0.15) is 29.4 Å². The lowest BCUT2D eigenvalue weighted by Crippen LogP contribution is -2.22.